The lowest BCUT2D eigenvalue weighted by molar-refractivity contribution is 0.0901. The topological polar surface area (TPSA) is 37.3 Å². The fourth-order valence-electron chi connectivity index (χ4n) is 1.01. The molecule has 0 saturated heterocycles. The molecule has 0 aliphatic rings. The highest BCUT2D eigenvalue weighted by molar-refractivity contribution is 5.96. The number of aliphatic hydroxyl groups excluding tert-OH is 1. The Kier molecular flexibility index (Phi) is 3.00. The SMILES string of the molecule is CC(O)CC(=O)c1ccccc1. The van der Waals surface area contributed by atoms with Crippen LogP contribution >= 0.6 is 0 Å². The molecule has 2 heteroatoms. The van der Waals surface area contributed by atoms with Crippen molar-refractivity contribution in [1.29, 1.82) is 0 Å². The number of Topliss-reactive ketones (excluding diaryl/α,β-unsaturated/α-hetero) is 1. The lowest BCUT2D eigenvalue weighted by Gasteiger charge is -2.02. The number of hydrogen-bond donors (Lipinski definition) is 1. The highest BCUT2D eigenvalue weighted by atomic mass is 16.3. The van der Waals surface area contributed by atoms with E-state index in [2.05, 4.69) is 0 Å². The van der Waals surface area contributed by atoms with Crippen LogP contribution in [0.1, 0.15) is 23.7 Å². The molecule has 1 rings (SSSR count). The van der Waals surface area contributed by atoms with E-state index in [-0.39, 0.29) is 12.2 Å². The summed E-state index contributed by atoms with van der Waals surface area (Å²) in [7, 11) is 0. The summed E-state index contributed by atoms with van der Waals surface area (Å²) in [5.41, 5.74) is 0.665. The van der Waals surface area contributed by atoms with E-state index in [1.165, 1.54) is 0 Å². The van der Waals surface area contributed by atoms with E-state index in [1.54, 1.807) is 19.1 Å². The van der Waals surface area contributed by atoms with E-state index in [0.717, 1.165) is 0 Å². The summed E-state index contributed by atoms with van der Waals surface area (Å²) < 4.78 is 0. The molecule has 64 valence electrons. The molecular weight excluding hydrogens is 152 g/mol. The lowest BCUT2D eigenvalue weighted by atomic mass is 10.1. The first kappa shape index (κ1) is 8.94. The van der Waals surface area contributed by atoms with Gasteiger partial charge in [0.2, 0.25) is 0 Å². The third-order valence-electron chi connectivity index (χ3n) is 1.58. The summed E-state index contributed by atoms with van der Waals surface area (Å²) >= 11 is 0. The van der Waals surface area contributed by atoms with E-state index < -0.39 is 6.10 Å². The maximum Gasteiger partial charge on any atom is 0.165 e. The molecule has 0 spiro atoms. The van der Waals surface area contributed by atoms with Crippen LogP contribution in [0.4, 0.5) is 0 Å². The zero-order valence-corrected chi connectivity index (χ0v) is 7.03. The molecule has 0 fully saturated rings. The standard InChI is InChI=1S/C10H12O2/c1-8(11)7-10(12)9-5-3-2-4-6-9/h2-6,8,11H,7H2,1H3. The second kappa shape index (κ2) is 4.02. The molecule has 0 radical (unpaired) electrons. The largest absolute Gasteiger partial charge is 0.393 e. The molecule has 2 nitrogen and oxygen atoms in total. The van der Waals surface area contributed by atoms with Crippen LogP contribution in [0.3, 0.4) is 0 Å². The summed E-state index contributed by atoms with van der Waals surface area (Å²) in [5.74, 6) is -0.00870. The molecule has 0 aliphatic heterocycles. The molecule has 0 saturated carbocycles. The average Bonchev–Trinajstić information content (AvgIpc) is 2.05. The number of hydrogen-bond acceptors (Lipinski definition) is 2. The third-order valence-corrected chi connectivity index (χ3v) is 1.58. The molecule has 1 N–H and O–H groups in total. The fourth-order valence-corrected chi connectivity index (χ4v) is 1.01. The van der Waals surface area contributed by atoms with Crippen LogP contribution in [0.25, 0.3) is 0 Å². The highest BCUT2D eigenvalue weighted by Crippen LogP contribution is 2.04. The Morgan fingerprint density at radius 1 is 1.42 bits per heavy atom. The van der Waals surface area contributed by atoms with Crippen molar-refractivity contribution in [3.8, 4) is 0 Å². The summed E-state index contributed by atoms with van der Waals surface area (Å²) in [6.45, 7) is 1.61. The molecule has 0 amide bonds. The third kappa shape index (κ3) is 2.47. The Morgan fingerprint density at radius 3 is 2.50 bits per heavy atom. The molecule has 12 heavy (non-hydrogen) atoms. The summed E-state index contributed by atoms with van der Waals surface area (Å²) in [5, 5.41) is 8.96. The normalized spacial score (nSPS) is 12.5. The molecule has 1 unspecified atom stereocenters. The van der Waals surface area contributed by atoms with Gasteiger partial charge in [0.1, 0.15) is 0 Å². The number of ketones is 1. The highest BCUT2D eigenvalue weighted by Gasteiger charge is 2.07. The first-order chi connectivity index (χ1) is 5.70. The Labute approximate surface area is 71.8 Å². The van der Waals surface area contributed by atoms with Gasteiger partial charge in [0.25, 0.3) is 0 Å². The minimum absolute atomic E-state index is 0.00870. The fraction of sp³-hybridized carbons (Fsp3) is 0.300. The van der Waals surface area contributed by atoms with Crippen molar-refractivity contribution in [2.45, 2.75) is 19.4 Å². The second-order valence-corrected chi connectivity index (χ2v) is 2.84. The maximum atomic E-state index is 11.3. The van der Waals surface area contributed by atoms with Crippen LogP contribution in [0.15, 0.2) is 30.3 Å². The average molecular weight is 164 g/mol. The monoisotopic (exact) mass is 164 g/mol. The van der Waals surface area contributed by atoms with E-state index in [0.29, 0.717) is 5.56 Å². The van der Waals surface area contributed by atoms with Gasteiger partial charge in [0, 0.05) is 12.0 Å². The van der Waals surface area contributed by atoms with Crippen molar-refractivity contribution in [1.82, 2.24) is 0 Å². The maximum absolute atomic E-state index is 11.3. The van der Waals surface area contributed by atoms with Gasteiger partial charge < -0.3 is 5.11 Å². The number of carbonyl (C=O) groups is 1. The van der Waals surface area contributed by atoms with E-state index in [4.69, 9.17) is 5.11 Å². The van der Waals surface area contributed by atoms with Gasteiger partial charge in [0.05, 0.1) is 6.10 Å². The lowest BCUT2D eigenvalue weighted by Crippen LogP contribution is -2.09. The predicted molar refractivity (Wildman–Crippen MR) is 47.1 cm³/mol. The van der Waals surface area contributed by atoms with Crippen molar-refractivity contribution >= 4 is 5.78 Å². The van der Waals surface area contributed by atoms with Gasteiger partial charge in [-0.15, -0.1) is 0 Å². The van der Waals surface area contributed by atoms with Gasteiger partial charge in [0.15, 0.2) is 5.78 Å². The van der Waals surface area contributed by atoms with Crippen molar-refractivity contribution in [2.24, 2.45) is 0 Å². The number of aliphatic hydroxyl groups is 1. The Hall–Kier alpha value is -1.15. The van der Waals surface area contributed by atoms with E-state index in [1.807, 2.05) is 18.2 Å². The molecule has 0 aromatic heterocycles. The number of carbonyl (C=O) groups excluding carboxylic acids is 1. The predicted octanol–water partition coefficient (Wildman–Crippen LogP) is 1.64. The van der Waals surface area contributed by atoms with Crippen LogP contribution in [0.2, 0.25) is 0 Å². The minimum atomic E-state index is -0.558. The van der Waals surface area contributed by atoms with Gasteiger partial charge in [-0.25, -0.2) is 0 Å². The smallest absolute Gasteiger partial charge is 0.165 e. The van der Waals surface area contributed by atoms with Crippen LogP contribution in [-0.4, -0.2) is 17.0 Å². The summed E-state index contributed by atoms with van der Waals surface area (Å²) in [4.78, 5) is 11.3. The van der Waals surface area contributed by atoms with Gasteiger partial charge in [-0.2, -0.15) is 0 Å². The minimum Gasteiger partial charge on any atom is -0.393 e. The summed E-state index contributed by atoms with van der Waals surface area (Å²) in [6.07, 6.45) is -0.359. The van der Waals surface area contributed by atoms with Gasteiger partial charge in [-0.1, -0.05) is 30.3 Å². The van der Waals surface area contributed by atoms with Crippen LogP contribution < -0.4 is 0 Å². The molecule has 1 aromatic rings. The van der Waals surface area contributed by atoms with Crippen molar-refractivity contribution in [3.05, 3.63) is 35.9 Å². The van der Waals surface area contributed by atoms with Crippen LogP contribution in [0, 0.1) is 0 Å². The Balaban J connectivity index is 2.66. The quantitative estimate of drug-likeness (QED) is 0.689. The van der Waals surface area contributed by atoms with E-state index in [9.17, 15) is 4.79 Å². The second-order valence-electron chi connectivity index (χ2n) is 2.84. The van der Waals surface area contributed by atoms with Gasteiger partial charge in [-0.05, 0) is 6.92 Å². The van der Waals surface area contributed by atoms with E-state index >= 15 is 0 Å². The number of rotatable bonds is 3. The molecule has 0 bridgehead atoms. The first-order valence-corrected chi connectivity index (χ1v) is 3.96. The van der Waals surface area contributed by atoms with Crippen LogP contribution in [0.5, 0.6) is 0 Å². The number of benzene rings is 1. The summed E-state index contributed by atoms with van der Waals surface area (Å²) in [6, 6.07) is 9.00. The van der Waals surface area contributed by atoms with Gasteiger partial charge in [-0.3, -0.25) is 4.79 Å². The first-order valence-electron chi connectivity index (χ1n) is 3.96. The van der Waals surface area contributed by atoms with Crippen molar-refractivity contribution < 1.29 is 9.90 Å². The van der Waals surface area contributed by atoms with Crippen LogP contribution in [-0.2, 0) is 0 Å². The Morgan fingerprint density at radius 2 is 2.00 bits per heavy atom. The molecule has 0 aliphatic carbocycles. The molecular formula is C10H12O2. The molecule has 0 heterocycles. The molecule has 1 atom stereocenters. The zero-order chi connectivity index (χ0) is 8.97. The van der Waals surface area contributed by atoms with Gasteiger partial charge >= 0.3 is 0 Å². The zero-order valence-electron chi connectivity index (χ0n) is 7.03. The van der Waals surface area contributed by atoms with Crippen molar-refractivity contribution in [2.75, 3.05) is 0 Å². The Bertz CT molecular complexity index is 252. The molecule has 1 aromatic carbocycles. The van der Waals surface area contributed by atoms with Crippen molar-refractivity contribution in [3.63, 3.8) is 0 Å².